The average molecular weight is 273 g/mol. The van der Waals surface area contributed by atoms with E-state index in [1.165, 1.54) is 37.7 Å². The molecule has 2 aliphatic carbocycles. The van der Waals surface area contributed by atoms with E-state index in [9.17, 15) is 0 Å². The molecule has 3 atom stereocenters. The van der Waals surface area contributed by atoms with Crippen LogP contribution in [-0.2, 0) is 4.74 Å². The number of likely N-dealkylation sites (N-methyl/N-ethyl adjacent to an activating group) is 1. The van der Waals surface area contributed by atoms with Crippen LogP contribution in [0.3, 0.4) is 0 Å². The van der Waals surface area contributed by atoms with Crippen molar-refractivity contribution in [2.45, 2.75) is 56.6 Å². The molecule has 0 saturated heterocycles. The fourth-order valence-electron chi connectivity index (χ4n) is 4.23. The minimum atomic E-state index is 0.0875. The highest BCUT2D eigenvalue weighted by Crippen LogP contribution is 2.54. The van der Waals surface area contributed by atoms with Crippen molar-refractivity contribution in [2.75, 3.05) is 13.7 Å². The Morgan fingerprint density at radius 3 is 2.55 bits per heavy atom. The van der Waals surface area contributed by atoms with Gasteiger partial charge in [-0.15, -0.1) is 0 Å². The Bertz CT molecular complexity index is 424. The van der Waals surface area contributed by atoms with Crippen molar-refractivity contribution in [3.63, 3.8) is 0 Å². The summed E-state index contributed by atoms with van der Waals surface area (Å²) in [6.45, 7) is 3.25. The van der Waals surface area contributed by atoms with Crippen LogP contribution in [0.1, 0.15) is 50.5 Å². The number of nitrogens with one attached hydrogen (secondary N) is 1. The van der Waals surface area contributed by atoms with Crippen LogP contribution in [0.4, 0.5) is 0 Å². The summed E-state index contributed by atoms with van der Waals surface area (Å²) < 4.78 is 6.04. The topological polar surface area (TPSA) is 21.3 Å². The van der Waals surface area contributed by atoms with Gasteiger partial charge in [-0.1, -0.05) is 50.1 Å². The van der Waals surface area contributed by atoms with Crippen molar-refractivity contribution in [1.82, 2.24) is 5.32 Å². The van der Waals surface area contributed by atoms with Crippen molar-refractivity contribution in [3.8, 4) is 0 Å². The number of ether oxygens (including phenoxy) is 1. The van der Waals surface area contributed by atoms with Gasteiger partial charge in [-0.2, -0.15) is 0 Å². The standard InChI is InChI=1S/C18H27NO/c1-3-19-17(18(20-2)11-7-8-12-18)16-13-15(16)14-9-5-4-6-10-14/h4-6,9-10,15-17,19H,3,7-8,11-13H2,1-2H3. The van der Waals surface area contributed by atoms with Crippen LogP contribution in [0.5, 0.6) is 0 Å². The third-order valence-corrected chi connectivity index (χ3v) is 5.34. The van der Waals surface area contributed by atoms with Crippen LogP contribution in [-0.4, -0.2) is 25.3 Å². The molecule has 0 aromatic heterocycles. The Balaban J connectivity index is 1.76. The molecule has 110 valence electrons. The normalized spacial score (nSPS) is 29.3. The molecule has 20 heavy (non-hydrogen) atoms. The number of methoxy groups -OCH3 is 1. The second-order valence-corrected chi connectivity index (χ2v) is 6.43. The van der Waals surface area contributed by atoms with Crippen molar-refractivity contribution in [2.24, 2.45) is 5.92 Å². The third-order valence-electron chi connectivity index (χ3n) is 5.34. The van der Waals surface area contributed by atoms with Gasteiger partial charge in [-0.25, -0.2) is 0 Å². The first-order valence-electron chi connectivity index (χ1n) is 8.14. The fraction of sp³-hybridized carbons (Fsp3) is 0.667. The van der Waals surface area contributed by atoms with E-state index in [1.54, 1.807) is 0 Å². The van der Waals surface area contributed by atoms with Crippen LogP contribution in [0.25, 0.3) is 0 Å². The fourth-order valence-corrected chi connectivity index (χ4v) is 4.23. The first-order chi connectivity index (χ1) is 9.80. The predicted octanol–water partition coefficient (Wildman–Crippen LogP) is 3.73. The molecule has 0 amide bonds. The molecule has 1 N–H and O–H groups in total. The largest absolute Gasteiger partial charge is 0.377 e. The summed E-state index contributed by atoms with van der Waals surface area (Å²) in [5, 5.41) is 3.75. The molecular weight excluding hydrogens is 246 g/mol. The Kier molecular flexibility index (Phi) is 4.13. The molecule has 0 aliphatic heterocycles. The van der Waals surface area contributed by atoms with Gasteiger partial charge in [-0.05, 0) is 43.2 Å². The second kappa shape index (κ2) is 5.87. The molecule has 0 heterocycles. The van der Waals surface area contributed by atoms with Crippen LogP contribution in [0, 0.1) is 5.92 Å². The summed E-state index contributed by atoms with van der Waals surface area (Å²) in [4.78, 5) is 0. The summed E-state index contributed by atoms with van der Waals surface area (Å²) in [6, 6.07) is 11.5. The first-order valence-corrected chi connectivity index (χ1v) is 8.14. The molecule has 2 heteroatoms. The maximum Gasteiger partial charge on any atom is 0.0833 e. The lowest BCUT2D eigenvalue weighted by molar-refractivity contribution is -0.0417. The molecule has 2 saturated carbocycles. The summed E-state index contributed by atoms with van der Waals surface area (Å²) in [6.07, 6.45) is 6.39. The van der Waals surface area contributed by atoms with Gasteiger partial charge in [0.25, 0.3) is 0 Å². The lowest BCUT2D eigenvalue weighted by Crippen LogP contribution is -2.52. The third kappa shape index (κ3) is 2.51. The SMILES string of the molecule is CCNC(C1CC1c1ccccc1)C1(OC)CCCC1. The summed E-state index contributed by atoms with van der Waals surface area (Å²) in [5.74, 6) is 1.48. The smallest absolute Gasteiger partial charge is 0.0833 e. The Labute approximate surface area is 122 Å². The molecule has 3 rings (SSSR count). The number of hydrogen-bond donors (Lipinski definition) is 1. The van der Waals surface area contributed by atoms with Gasteiger partial charge in [0.1, 0.15) is 0 Å². The van der Waals surface area contributed by atoms with Gasteiger partial charge in [-0.3, -0.25) is 0 Å². The predicted molar refractivity (Wildman–Crippen MR) is 83.0 cm³/mol. The molecule has 2 fully saturated rings. The first kappa shape index (κ1) is 14.1. The summed E-state index contributed by atoms with van der Waals surface area (Å²) in [7, 11) is 1.91. The van der Waals surface area contributed by atoms with Gasteiger partial charge in [0.05, 0.1) is 5.60 Å². The number of benzene rings is 1. The highest BCUT2D eigenvalue weighted by atomic mass is 16.5. The Morgan fingerprint density at radius 2 is 1.95 bits per heavy atom. The highest BCUT2D eigenvalue weighted by Gasteiger charge is 2.53. The van der Waals surface area contributed by atoms with Gasteiger partial charge < -0.3 is 10.1 Å². The lowest BCUT2D eigenvalue weighted by atomic mass is 9.87. The van der Waals surface area contributed by atoms with Crippen molar-refractivity contribution < 1.29 is 4.74 Å². The van der Waals surface area contributed by atoms with E-state index < -0.39 is 0 Å². The molecule has 3 unspecified atom stereocenters. The van der Waals surface area contributed by atoms with Crippen LogP contribution >= 0.6 is 0 Å². The van der Waals surface area contributed by atoms with E-state index in [0.29, 0.717) is 6.04 Å². The Hall–Kier alpha value is -0.860. The monoisotopic (exact) mass is 273 g/mol. The zero-order chi connectivity index (χ0) is 14.0. The van der Waals surface area contributed by atoms with Crippen LogP contribution in [0.2, 0.25) is 0 Å². The van der Waals surface area contributed by atoms with Gasteiger partial charge in [0.2, 0.25) is 0 Å². The highest BCUT2D eigenvalue weighted by molar-refractivity contribution is 5.28. The quantitative estimate of drug-likeness (QED) is 0.853. The van der Waals surface area contributed by atoms with Crippen LogP contribution < -0.4 is 5.32 Å². The van der Waals surface area contributed by atoms with Crippen LogP contribution in [0.15, 0.2) is 30.3 Å². The second-order valence-electron chi connectivity index (χ2n) is 6.43. The molecule has 1 aromatic rings. The van der Waals surface area contributed by atoms with E-state index in [4.69, 9.17) is 4.74 Å². The molecule has 0 bridgehead atoms. The minimum Gasteiger partial charge on any atom is -0.377 e. The molecule has 2 nitrogen and oxygen atoms in total. The summed E-state index contributed by atoms with van der Waals surface area (Å²) in [5.41, 5.74) is 1.59. The molecular formula is C18H27NO. The zero-order valence-corrected chi connectivity index (χ0v) is 12.8. The van der Waals surface area contributed by atoms with Gasteiger partial charge >= 0.3 is 0 Å². The molecule has 1 aromatic carbocycles. The van der Waals surface area contributed by atoms with Gasteiger partial charge in [0, 0.05) is 13.2 Å². The van der Waals surface area contributed by atoms with E-state index in [1.807, 2.05) is 7.11 Å². The summed E-state index contributed by atoms with van der Waals surface area (Å²) >= 11 is 0. The molecule has 0 spiro atoms. The van der Waals surface area contributed by atoms with E-state index in [0.717, 1.165) is 18.4 Å². The maximum atomic E-state index is 6.04. The molecule has 2 aliphatic rings. The average Bonchev–Trinajstić information content (AvgIpc) is 3.14. The van der Waals surface area contributed by atoms with Crippen molar-refractivity contribution >= 4 is 0 Å². The Morgan fingerprint density at radius 1 is 1.25 bits per heavy atom. The zero-order valence-electron chi connectivity index (χ0n) is 12.8. The molecule has 0 radical (unpaired) electrons. The van der Waals surface area contributed by atoms with E-state index >= 15 is 0 Å². The number of hydrogen-bond acceptors (Lipinski definition) is 2. The van der Waals surface area contributed by atoms with E-state index in [2.05, 4.69) is 42.6 Å². The van der Waals surface area contributed by atoms with Gasteiger partial charge in [0.15, 0.2) is 0 Å². The maximum absolute atomic E-state index is 6.04. The van der Waals surface area contributed by atoms with Crippen molar-refractivity contribution in [1.29, 1.82) is 0 Å². The number of rotatable bonds is 6. The van der Waals surface area contributed by atoms with Crippen molar-refractivity contribution in [3.05, 3.63) is 35.9 Å². The minimum absolute atomic E-state index is 0.0875. The lowest BCUT2D eigenvalue weighted by Gasteiger charge is -2.37. The van der Waals surface area contributed by atoms with E-state index in [-0.39, 0.29) is 5.60 Å².